The fourth-order valence-corrected chi connectivity index (χ4v) is 4.16. The van der Waals surface area contributed by atoms with Gasteiger partial charge in [-0.25, -0.2) is 14.9 Å². The molecule has 158 valence electrons. The van der Waals surface area contributed by atoms with E-state index in [1.54, 1.807) is 31.4 Å². The number of anilines is 2. The Balaban J connectivity index is 1.37. The molecule has 0 radical (unpaired) electrons. The van der Waals surface area contributed by atoms with Gasteiger partial charge in [-0.2, -0.15) is 0 Å². The molecule has 0 bridgehead atoms. The van der Waals surface area contributed by atoms with Crippen LogP contribution in [0.25, 0.3) is 0 Å². The van der Waals surface area contributed by atoms with Gasteiger partial charge in [0.05, 0.1) is 25.3 Å². The molecule has 8 heteroatoms. The van der Waals surface area contributed by atoms with E-state index in [4.69, 9.17) is 4.74 Å². The maximum absolute atomic E-state index is 12.9. The molecule has 3 heterocycles. The number of rotatable bonds is 5. The zero-order valence-corrected chi connectivity index (χ0v) is 17.6. The molecule has 2 amide bonds. The summed E-state index contributed by atoms with van der Waals surface area (Å²) >= 11 is 0. The summed E-state index contributed by atoms with van der Waals surface area (Å²) in [5, 5.41) is 3.41. The molecule has 8 nitrogen and oxygen atoms in total. The first-order valence-electron chi connectivity index (χ1n) is 10.3. The van der Waals surface area contributed by atoms with Crippen LogP contribution in [0, 0.1) is 13.8 Å². The number of nitrogens with zero attached hydrogens (tertiary/aromatic N) is 4. The fourth-order valence-electron chi connectivity index (χ4n) is 4.16. The van der Waals surface area contributed by atoms with Crippen LogP contribution in [0.4, 0.5) is 11.6 Å². The van der Waals surface area contributed by atoms with Crippen LogP contribution in [0.3, 0.4) is 0 Å². The smallest absolute Gasteiger partial charge is 0.251 e. The molecule has 2 aromatic rings. The van der Waals surface area contributed by atoms with Crippen molar-refractivity contribution in [2.75, 3.05) is 30.0 Å². The number of amides is 2. The zero-order valence-electron chi connectivity index (χ0n) is 17.6. The van der Waals surface area contributed by atoms with Crippen molar-refractivity contribution in [2.24, 2.45) is 0 Å². The summed E-state index contributed by atoms with van der Waals surface area (Å²) in [5.41, 5.74) is 2.48. The lowest BCUT2D eigenvalue weighted by Gasteiger charge is -2.33. The molecule has 2 aliphatic rings. The number of nitrogens with one attached hydrogen (secondary N) is 1. The van der Waals surface area contributed by atoms with Gasteiger partial charge in [0.2, 0.25) is 11.9 Å². The molecule has 2 fully saturated rings. The summed E-state index contributed by atoms with van der Waals surface area (Å²) in [4.78, 5) is 38.0. The van der Waals surface area contributed by atoms with Crippen molar-refractivity contribution in [1.82, 2.24) is 15.3 Å². The lowest BCUT2D eigenvalue weighted by atomic mass is 10.0. The van der Waals surface area contributed by atoms with Gasteiger partial charge >= 0.3 is 0 Å². The van der Waals surface area contributed by atoms with Gasteiger partial charge in [0, 0.05) is 36.6 Å². The molecule has 1 aromatic carbocycles. The maximum Gasteiger partial charge on any atom is 0.251 e. The van der Waals surface area contributed by atoms with Crippen molar-refractivity contribution in [1.29, 1.82) is 0 Å². The Bertz CT molecular complexity index is 935. The van der Waals surface area contributed by atoms with E-state index < -0.39 is 6.04 Å². The third kappa shape index (κ3) is 4.14. The van der Waals surface area contributed by atoms with E-state index in [9.17, 15) is 9.59 Å². The second-order valence-corrected chi connectivity index (χ2v) is 7.90. The Labute approximate surface area is 176 Å². The molecule has 30 heavy (non-hydrogen) atoms. The first-order valence-corrected chi connectivity index (χ1v) is 10.3. The number of hydrogen-bond acceptors (Lipinski definition) is 7. The van der Waals surface area contributed by atoms with Gasteiger partial charge in [0.15, 0.2) is 0 Å². The SMILES string of the molecule is COc1cccc(N2C(=O)C[C@H](NC3CCN(c4nc(C)cc(C)n4)CC3)C2=O)c1. The Morgan fingerprint density at radius 3 is 2.43 bits per heavy atom. The van der Waals surface area contributed by atoms with E-state index in [-0.39, 0.29) is 24.3 Å². The second-order valence-electron chi connectivity index (χ2n) is 7.90. The first-order chi connectivity index (χ1) is 14.4. The lowest BCUT2D eigenvalue weighted by molar-refractivity contribution is -0.121. The van der Waals surface area contributed by atoms with Gasteiger partial charge in [0.1, 0.15) is 5.75 Å². The van der Waals surface area contributed by atoms with Gasteiger partial charge < -0.3 is 15.0 Å². The second kappa shape index (κ2) is 8.39. The van der Waals surface area contributed by atoms with Crippen LogP contribution in [-0.2, 0) is 9.59 Å². The standard InChI is InChI=1S/C22H27N5O3/c1-14-11-15(2)24-22(23-14)26-9-7-16(8-10-26)25-19-13-20(28)27(21(19)29)17-5-4-6-18(12-17)30-3/h4-6,11-12,16,19,25H,7-10,13H2,1-3H3/t19-/m0/s1. The summed E-state index contributed by atoms with van der Waals surface area (Å²) in [6.45, 7) is 5.58. The number of carbonyl (C=O) groups excluding carboxylic acids is 2. The topological polar surface area (TPSA) is 87.7 Å². The third-order valence-corrected chi connectivity index (χ3v) is 5.64. The average Bonchev–Trinajstić information content (AvgIpc) is 3.01. The molecule has 4 rings (SSSR count). The van der Waals surface area contributed by atoms with E-state index in [2.05, 4.69) is 20.2 Å². The van der Waals surface area contributed by atoms with Crippen molar-refractivity contribution >= 4 is 23.5 Å². The Kier molecular flexibility index (Phi) is 5.67. The third-order valence-electron chi connectivity index (χ3n) is 5.64. The van der Waals surface area contributed by atoms with E-state index >= 15 is 0 Å². The molecular weight excluding hydrogens is 382 g/mol. The Morgan fingerprint density at radius 2 is 1.77 bits per heavy atom. The number of imide groups is 1. The minimum absolute atomic E-state index is 0.177. The van der Waals surface area contributed by atoms with Crippen LogP contribution in [0.15, 0.2) is 30.3 Å². The van der Waals surface area contributed by atoms with Gasteiger partial charge in [-0.1, -0.05) is 6.07 Å². The molecule has 1 aromatic heterocycles. The molecular formula is C22H27N5O3. The molecule has 1 atom stereocenters. The van der Waals surface area contributed by atoms with Gasteiger partial charge in [-0.3, -0.25) is 9.59 Å². The van der Waals surface area contributed by atoms with Gasteiger partial charge in [-0.15, -0.1) is 0 Å². The molecule has 0 saturated carbocycles. The van der Waals surface area contributed by atoms with Crippen LogP contribution < -0.4 is 19.9 Å². The number of methoxy groups -OCH3 is 1. The molecule has 1 N–H and O–H groups in total. The summed E-state index contributed by atoms with van der Waals surface area (Å²) in [7, 11) is 1.56. The van der Waals surface area contributed by atoms with Crippen molar-refractivity contribution in [3.05, 3.63) is 41.7 Å². The Morgan fingerprint density at radius 1 is 1.07 bits per heavy atom. The van der Waals surface area contributed by atoms with Crippen molar-refractivity contribution < 1.29 is 14.3 Å². The summed E-state index contributed by atoms with van der Waals surface area (Å²) in [6, 6.07) is 8.69. The first kappa shape index (κ1) is 20.3. The van der Waals surface area contributed by atoms with Crippen LogP contribution in [-0.4, -0.2) is 54.1 Å². The predicted octanol–water partition coefficient (Wildman–Crippen LogP) is 1.99. The number of carbonyl (C=O) groups is 2. The summed E-state index contributed by atoms with van der Waals surface area (Å²) in [5.74, 6) is 0.993. The molecule has 0 aliphatic carbocycles. The highest BCUT2D eigenvalue weighted by Gasteiger charge is 2.40. The normalized spacial score (nSPS) is 20.2. The highest BCUT2D eigenvalue weighted by molar-refractivity contribution is 6.22. The average molecular weight is 409 g/mol. The van der Waals surface area contributed by atoms with Crippen LogP contribution in [0.1, 0.15) is 30.7 Å². The van der Waals surface area contributed by atoms with Crippen molar-refractivity contribution in [3.63, 3.8) is 0 Å². The quantitative estimate of drug-likeness (QED) is 0.756. The Hall–Kier alpha value is -3.00. The highest BCUT2D eigenvalue weighted by Crippen LogP contribution is 2.27. The molecule has 2 saturated heterocycles. The van der Waals surface area contributed by atoms with E-state index in [0.29, 0.717) is 11.4 Å². The molecule has 2 aliphatic heterocycles. The maximum atomic E-state index is 12.9. The lowest BCUT2D eigenvalue weighted by Crippen LogP contribution is -2.49. The van der Waals surface area contributed by atoms with Crippen LogP contribution >= 0.6 is 0 Å². The minimum Gasteiger partial charge on any atom is -0.497 e. The predicted molar refractivity (Wildman–Crippen MR) is 114 cm³/mol. The van der Waals surface area contributed by atoms with Crippen molar-refractivity contribution in [2.45, 2.75) is 45.2 Å². The van der Waals surface area contributed by atoms with E-state index in [0.717, 1.165) is 43.3 Å². The largest absolute Gasteiger partial charge is 0.497 e. The number of aryl methyl sites for hydroxylation is 2. The van der Waals surface area contributed by atoms with Crippen LogP contribution in [0.5, 0.6) is 5.75 Å². The number of piperidine rings is 1. The van der Waals surface area contributed by atoms with E-state index in [1.807, 2.05) is 19.9 Å². The van der Waals surface area contributed by atoms with E-state index in [1.165, 1.54) is 4.90 Å². The summed E-state index contributed by atoms with van der Waals surface area (Å²) in [6.07, 6.45) is 1.91. The number of benzene rings is 1. The molecule has 0 spiro atoms. The fraction of sp³-hybridized carbons (Fsp3) is 0.455. The summed E-state index contributed by atoms with van der Waals surface area (Å²) < 4.78 is 5.21. The van der Waals surface area contributed by atoms with Gasteiger partial charge in [-0.05, 0) is 44.9 Å². The highest BCUT2D eigenvalue weighted by atomic mass is 16.5. The van der Waals surface area contributed by atoms with Crippen LogP contribution in [0.2, 0.25) is 0 Å². The minimum atomic E-state index is -0.488. The number of hydrogen-bond donors (Lipinski definition) is 1. The number of aromatic nitrogens is 2. The van der Waals surface area contributed by atoms with Gasteiger partial charge in [0.25, 0.3) is 5.91 Å². The van der Waals surface area contributed by atoms with Crippen molar-refractivity contribution in [3.8, 4) is 5.75 Å². The number of ether oxygens (including phenoxy) is 1. The monoisotopic (exact) mass is 409 g/mol. The molecule has 0 unspecified atom stereocenters. The zero-order chi connectivity index (χ0) is 21.3.